The first-order valence-corrected chi connectivity index (χ1v) is 6.60. The molecule has 0 spiro atoms. The molecule has 0 unspecified atom stereocenters. The predicted molar refractivity (Wildman–Crippen MR) is 80.1 cm³/mol. The van der Waals surface area contributed by atoms with Gasteiger partial charge in [-0.3, -0.25) is 0 Å². The van der Waals surface area contributed by atoms with Crippen molar-refractivity contribution in [2.45, 2.75) is 26.7 Å². The molecule has 0 saturated carbocycles. The SMILES string of the molecule is Cc1cc(C(C)C)nc(N(C)c2ccc(C#N)cc2)n1. The average molecular weight is 266 g/mol. The summed E-state index contributed by atoms with van der Waals surface area (Å²) in [4.78, 5) is 11.0. The van der Waals surface area contributed by atoms with E-state index in [1.165, 1.54) is 0 Å². The van der Waals surface area contributed by atoms with E-state index in [1.807, 2.05) is 37.1 Å². The zero-order valence-electron chi connectivity index (χ0n) is 12.3. The molecule has 0 amide bonds. The van der Waals surface area contributed by atoms with Gasteiger partial charge in [-0.15, -0.1) is 0 Å². The summed E-state index contributed by atoms with van der Waals surface area (Å²) in [7, 11) is 1.93. The number of hydrogen-bond acceptors (Lipinski definition) is 4. The largest absolute Gasteiger partial charge is 0.314 e. The van der Waals surface area contributed by atoms with Gasteiger partial charge in [-0.05, 0) is 43.2 Å². The monoisotopic (exact) mass is 266 g/mol. The highest BCUT2D eigenvalue weighted by Gasteiger charge is 2.11. The van der Waals surface area contributed by atoms with Gasteiger partial charge in [0.1, 0.15) is 0 Å². The number of hydrogen-bond donors (Lipinski definition) is 0. The molecule has 0 bridgehead atoms. The first-order valence-electron chi connectivity index (χ1n) is 6.60. The summed E-state index contributed by atoms with van der Waals surface area (Å²) in [5.74, 6) is 1.04. The number of aromatic nitrogens is 2. The molecular formula is C16H18N4. The Morgan fingerprint density at radius 2 is 1.80 bits per heavy atom. The summed E-state index contributed by atoms with van der Waals surface area (Å²) in [6, 6.07) is 11.5. The third-order valence-electron chi connectivity index (χ3n) is 3.14. The van der Waals surface area contributed by atoms with Gasteiger partial charge < -0.3 is 4.90 Å². The van der Waals surface area contributed by atoms with Crippen LogP contribution in [-0.2, 0) is 0 Å². The van der Waals surface area contributed by atoms with Crippen molar-refractivity contribution < 1.29 is 0 Å². The van der Waals surface area contributed by atoms with Gasteiger partial charge in [0.15, 0.2) is 0 Å². The van der Waals surface area contributed by atoms with Crippen LogP contribution < -0.4 is 4.90 Å². The third-order valence-corrected chi connectivity index (χ3v) is 3.14. The van der Waals surface area contributed by atoms with E-state index in [1.54, 1.807) is 12.1 Å². The molecular weight excluding hydrogens is 248 g/mol. The van der Waals surface area contributed by atoms with Crippen LogP contribution in [0.25, 0.3) is 0 Å². The van der Waals surface area contributed by atoms with Crippen LogP contribution in [0.5, 0.6) is 0 Å². The zero-order chi connectivity index (χ0) is 14.7. The van der Waals surface area contributed by atoms with Gasteiger partial charge in [-0.2, -0.15) is 5.26 Å². The van der Waals surface area contributed by atoms with Crippen molar-refractivity contribution in [3.63, 3.8) is 0 Å². The highest BCUT2D eigenvalue weighted by atomic mass is 15.2. The van der Waals surface area contributed by atoms with Crippen LogP contribution in [0.4, 0.5) is 11.6 Å². The summed E-state index contributed by atoms with van der Waals surface area (Å²) in [6.07, 6.45) is 0. The van der Waals surface area contributed by atoms with E-state index in [4.69, 9.17) is 5.26 Å². The summed E-state index contributed by atoms with van der Waals surface area (Å²) in [6.45, 7) is 6.21. The zero-order valence-corrected chi connectivity index (χ0v) is 12.3. The maximum Gasteiger partial charge on any atom is 0.230 e. The topological polar surface area (TPSA) is 52.8 Å². The van der Waals surface area contributed by atoms with Gasteiger partial charge in [0.25, 0.3) is 0 Å². The fraction of sp³-hybridized carbons (Fsp3) is 0.312. The second kappa shape index (κ2) is 5.70. The average Bonchev–Trinajstić information content (AvgIpc) is 2.46. The van der Waals surface area contributed by atoms with Crippen molar-refractivity contribution in [1.29, 1.82) is 5.26 Å². The molecule has 0 atom stereocenters. The number of anilines is 2. The van der Waals surface area contributed by atoms with Crippen LogP contribution in [0.15, 0.2) is 30.3 Å². The van der Waals surface area contributed by atoms with Gasteiger partial charge in [0.05, 0.1) is 11.6 Å². The normalized spacial score (nSPS) is 10.4. The highest BCUT2D eigenvalue weighted by molar-refractivity contribution is 5.57. The van der Waals surface area contributed by atoms with Crippen molar-refractivity contribution in [3.8, 4) is 6.07 Å². The minimum atomic E-state index is 0.366. The van der Waals surface area contributed by atoms with Crippen LogP contribution in [0.2, 0.25) is 0 Å². The van der Waals surface area contributed by atoms with Crippen molar-refractivity contribution in [2.24, 2.45) is 0 Å². The number of nitrogens with zero attached hydrogens (tertiary/aromatic N) is 4. The lowest BCUT2D eigenvalue weighted by atomic mass is 10.1. The molecule has 4 nitrogen and oxygen atoms in total. The molecule has 0 saturated heterocycles. The number of benzene rings is 1. The van der Waals surface area contributed by atoms with Crippen LogP contribution in [0.3, 0.4) is 0 Å². The van der Waals surface area contributed by atoms with Gasteiger partial charge in [-0.1, -0.05) is 13.8 Å². The summed E-state index contributed by atoms with van der Waals surface area (Å²) in [5.41, 5.74) is 3.60. The van der Waals surface area contributed by atoms with Crippen molar-refractivity contribution in [1.82, 2.24) is 9.97 Å². The Morgan fingerprint density at radius 1 is 1.15 bits per heavy atom. The molecule has 102 valence electrons. The molecule has 1 heterocycles. The Morgan fingerprint density at radius 3 is 2.35 bits per heavy atom. The summed E-state index contributed by atoms with van der Waals surface area (Å²) >= 11 is 0. The molecule has 0 radical (unpaired) electrons. The number of aryl methyl sites for hydroxylation is 1. The molecule has 20 heavy (non-hydrogen) atoms. The van der Waals surface area contributed by atoms with Crippen molar-refractivity contribution >= 4 is 11.6 Å². The third kappa shape index (κ3) is 2.94. The van der Waals surface area contributed by atoms with Crippen molar-refractivity contribution in [3.05, 3.63) is 47.3 Å². The molecule has 1 aromatic carbocycles. The van der Waals surface area contributed by atoms with Crippen LogP contribution in [0.1, 0.15) is 36.7 Å². The minimum absolute atomic E-state index is 0.366. The fourth-order valence-electron chi connectivity index (χ4n) is 1.90. The van der Waals surface area contributed by atoms with E-state index in [0.29, 0.717) is 17.4 Å². The number of rotatable bonds is 3. The summed E-state index contributed by atoms with van der Waals surface area (Å²) in [5, 5.41) is 8.83. The van der Waals surface area contributed by atoms with E-state index < -0.39 is 0 Å². The Hall–Kier alpha value is -2.41. The summed E-state index contributed by atoms with van der Waals surface area (Å²) < 4.78 is 0. The van der Waals surface area contributed by atoms with Crippen LogP contribution in [0, 0.1) is 18.3 Å². The minimum Gasteiger partial charge on any atom is -0.314 e. The molecule has 2 aromatic rings. The van der Waals surface area contributed by atoms with E-state index >= 15 is 0 Å². The molecule has 0 aliphatic rings. The Labute approximate surface area is 119 Å². The Balaban J connectivity index is 2.37. The molecule has 2 rings (SSSR count). The molecule has 4 heteroatoms. The molecule has 0 aliphatic heterocycles. The van der Waals surface area contributed by atoms with E-state index in [2.05, 4.69) is 29.9 Å². The van der Waals surface area contributed by atoms with Crippen LogP contribution in [-0.4, -0.2) is 17.0 Å². The maximum atomic E-state index is 8.83. The van der Waals surface area contributed by atoms with Crippen molar-refractivity contribution in [2.75, 3.05) is 11.9 Å². The second-order valence-electron chi connectivity index (χ2n) is 5.11. The van der Waals surface area contributed by atoms with E-state index in [-0.39, 0.29) is 0 Å². The highest BCUT2D eigenvalue weighted by Crippen LogP contribution is 2.23. The van der Waals surface area contributed by atoms with E-state index in [9.17, 15) is 0 Å². The fourth-order valence-corrected chi connectivity index (χ4v) is 1.90. The lowest BCUT2D eigenvalue weighted by molar-refractivity contribution is 0.804. The van der Waals surface area contributed by atoms with Gasteiger partial charge in [0, 0.05) is 24.1 Å². The molecule has 1 aromatic heterocycles. The smallest absolute Gasteiger partial charge is 0.230 e. The lowest BCUT2D eigenvalue weighted by Crippen LogP contribution is -2.15. The van der Waals surface area contributed by atoms with Gasteiger partial charge >= 0.3 is 0 Å². The van der Waals surface area contributed by atoms with E-state index in [0.717, 1.165) is 17.1 Å². The lowest BCUT2D eigenvalue weighted by Gasteiger charge is -2.19. The second-order valence-corrected chi connectivity index (χ2v) is 5.11. The van der Waals surface area contributed by atoms with Gasteiger partial charge in [-0.25, -0.2) is 9.97 Å². The molecule has 0 aliphatic carbocycles. The standard InChI is InChI=1S/C16H18N4/c1-11(2)15-9-12(3)18-16(19-15)20(4)14-7-5-13(10-17)6-8-14/h5-9,11H,1-4H3. The Kier molecular flexibility index (Phi) is 3.99. The maximum absolute atomic E-state index is 8.83. The first kappa shape index (κ1) is 14.0. The van der Waals surface area contributed by atoms with Crippen LogP contribution >= 0.6 is 0 Å². The predicted octanol–water partition coefficient (Wildman–Crippen LogP) is 3.55. The molecule has 0 fully saturated rings. The quantitative estimate of drug-likeness (QED) is 0.852. The number of nitriles is 1. The first-order chi connectivity index (χ1) is 9.51. The van der Waals surface area contributed by atoms with Gasteiger partial charge in [0.2, 0.25) is 5.95 Å². The Bertz CT molecular complexity index is 639. The molecule has 0 N–H and O–H groups in total.